The van der Waals surface area contributed by atoms with Crippen molar-refractivity contribution in [2.24, 2.45) is 4.99 Å². The molecule has 1 aromatic carbocycles. The van der Waals surface area contributed by atoms with Crippen molar-refractivity contribution in [1.29, 1.82) is 0 Å². The summed E-state index contributed by atoms with van der Waals surface area (Å²) in [5.74, 6) is 0. The smallest absolute Gasteiger partial charge is 0.186 e. The van der Waals surface area contributed by atoms with Crippen molar-refractivity contribution in [2.45, 2.75) is 32.9 Å². The summed E-state index contributed by atoms with van der Waals surface area (Å²) in [6.07, 6.45) is 3.64. The minimum atomic E-state index is -0.0667. The highest BCUT2D eigenvalue weighted by Gasteiger charge is 2.19. The van der Waals surface area contributed by atoms with E-state index < -0.39 is 0 Å². The third kappa shape index (κ3) is 3.77. The van der Waals surface area contributed by atoms with Crippen LogP contribution in [-0.4, -0.2) is 9.55 Å². The second-order valence-electron chi connectivity index (χ2n) is 6.59. The maximum atomic E-state index is 6.02. The lowest BCUT2D eigenvalue weighted by molar-refractivity contribution is 0.390. The van der Waals surface area contributed by atoms with Crippen LogP contribution in [0.15, 0.2) is 59.2 Å². The van der Waals surface area contributed by atoms with E-state index in [1.54, 1.807) is 17.5 Å². The zero-order valence-corrected chi connectivity index (χ0v) is 15.6. The summed E-state index contributed by atoms with van der Waals surface area (Å²) >= 11 is 7.69. The van der Waals surface area contributed by atoms with Gasteiger partial charge in [-0.25, -0.2) is 0 Å². The normalized spacial score (nSPS) is 12.6. The van der Waals surface area contributed by atoms with Crippen molar-refractivity contribution < 1.29 is 0 Å². The molecule has 0 saturated heterocycles. The second kappa shape index (κ2) is 6.91. The molecule has 0 aliphatic carbocycles. The predicted octanol–water partition coefficient (Wildman–Crippen LogP) is 5.12. The number of benzene rings is 1. The molecular formula is C19H20ClN3S. The summed E-state index contributed by atoms with van der Waals surface area (Å²) in [7, 11) is 0. The van der Waals surface area contributed by atoms with Crippen molar-refractivity contribution in [1.82, 2.24) is 9.55 Å². The van der Waals surface area contributed by atoms with Crippen molar-refractivity contribution >= 4 is 22.9 Å². The molecule has 2 heterocycles. The molecule has 0 N–H and O–H groups in total. The lowest BCUT2D eigenvalue weighted by atomic mass is 10.1. The molecule has 124 valence electrons. The van der Waals surface area contributed by atoms with E-state index in [4.69, 9.17) is 16.6 Å². The standard InChI is InChI=1S/C19H20ClN3S/c1-19(2,3)23-17(15-6-8-16(20)9-7-15)13-24-18(23)22-12-14-5-4-10-21-11-14/h4-11,13H,12H2,1-3H3. The quantitative estimate of drug-likeness (QED) is 0.639. The number of halogens is 1. The van der Waals surface area contributed by atoms with E-state index in [1.165, 1.54) is 0 Å². The molecule has 0 bridgehead atoms. The van der Waals surface area contributed by atoms with Crippen LogP contribution in [0.5, 0.6) is 0 Å². The van der Waals surface area contributed by atoms with Gasteiger partial charge in [-0.3, -0.25) is 9.98 Å². The highest BCUT2D eigenvalue weighted by atomic mass is 35.5. The molecule has 0 amide bonds. The van der Waals surface area contributed by atoms with E-state index in [0.29, 0.717) is 6.54 Å². The zero-order chi connectivity index (χ0) is 17.2. The Kier molecular flexibility index (Phi) is 4.88. The molecule has 2 aromatic heterocycles. The number of hydrogen-bond donors (Lipinski definition) is 0. The Balaban J connectivity index is 2.06. The molecule has 0 unspecified atom stereocenters. The molecule has 3 rings (SSSR count). The van der Waals surface area contributed by atoms with Crippen LogP contribution < -0.4 is 4.80 Å². The van der Waals surface area contributed by atoms with Crippen molar-refractivity contribution in [3.05, 3.63) is 69.6 Å². The van der Waals surface area contributed by atoms with Gasteiger partial charge in [-0.2, -0.15) is 0 Å². The number of pyridine rings is 1. The van der Waals surface area contributed by atoms with Crippen molar-refractivity contribution in [3.63, 3.8) is 0 Å². The monoisotopic (exact) mass is 357 g/mol. The van der Waals surface area contributed by atoms with E-state index in [1.807, 2.05) is 30.5 Å². The molecule has 0 atom stereocenters. The van der Waals surface area contributed by atoms with E-state index in [-0.39, 0.29) is 5.54 Å². The fourth-order valence-corrected chi connectivity index (χ4v) is 3.74. The summed E-state index contributed by atoms with van der Waals surface area (Å²) in [5, 5.41) is 2.91. The van der Waals surface area contributed by atoms with Crippen LogP contribution >= 0.6 is 22.9 Å². The van der Waals surface area contributed by atoms with Gasteiger partial charge >= 0.3 is 0 Å². The van der Waals surface area contributed by atoms with Gasteiger partial charge in [0.2, 0.25) is 0 Å². The summed E-state index contributed by atoms with van der Waals surface area (Å²) in [6, 6.07) is 11.9. The molecule has 0 aliphatic rings. The van der Waals surface area contributed by atoms with Gasteiger partial charge < -0.3 is 4.57 Å². The lowest BCUT2D eigenvalue weighted by Gasteiger charge is -2.24. The van der Waals surface area contributed by atoms with E-state index >= 15 is 0 Å². The molecule has 0 radical (unpaired) electrons. The minimum absolute atomic E-state index is 0.0667. The third-order valence-electron chi connectivity index (χ3n) is 3.64. The van der Waals surface area contributed by atoms with Gasteiger partial charge in [-0.1, -0.05) is 29.8 Å². The Morgan fingerprint density at radius 2 is 1.92 bits per heavy atom. The number of hydrogen-bond acceptors (Lipinski definition) is 3. The molecular weight excluding hydrogens is 338 g/mol. The van der Waals surface area contributed by atoms with E-state index in [0.717, 1.165) is 26.6 Å². The van der Waals surface area contributed by atoms with E-state index in [2.05, 4.69) is 47.8 Å². The second-order valence-corrected chi connectivity index (χ2v) is 7.87. The van der Waals surface area contributed by atoms with Gasteiger partial charge in [0.15, 0.2) is 4.80 Å². The zero-order valence-electron chi connectivity index (χ0n) is 14.0. The SMILES string of the molecule is CC(C)(C)n1c(-c2ccc(Cl)cc2)csc1=NCc1cccnc1. The number of aromatic nitrogens is 2. The van der Waals surface area contributed by atoms with Gasteiger partial charge in [0.05, 0.1) is 12.2 Å². The summed E-state index contributed by atoms with van der Waals surface area (Å²) in [6.45, 7) is 7.22. The Labute approximate surface area is 151 Å². The highest BCUT2D eigenvalue weighted by Crippen LogP contribution is 2.27. The predicted molar refractivity (Wildman–Crippen MR) is 101 cm³/mol. The van der Waals surface area contributed by atoms with Crippen LogP contribution in [0.4, 0.5) is 0 Å². The Morgan fingerprint density at radius 3 is 2.54 bits per heavy atom. The first kappa shape index (κ1) is 16.9. The van der Waals surface area contributed by atoms with Crippen LogP contribution in [-0.2, 0) is 12.1 Å². The molecule has 24 heavy (non-hydrogen) atoms. The van der Waals surface area contributed by atoms with Crippen LogP contribution in [0.25, 0.3) is 11.3 Å². The first-order valence-corrected chi connectivity index (χ1v) is 9.07. The molecule has 0 spiro atoms. The molecule has 0 fully saturated rings. The molecule has 5 heteroatoms. The molecule has 3 aromatic rings. The van der Waals surface area contributed by atoms with Crippen LogP contribution in [0.3, 0.4) is 0 Å². The maximum absolute atomic E-state index is 6.02. The maximum Gasteiger partial charge on any atom is 0.186 e. The average molecular weight is 358 g/mol. The Hall–Kier alpha value is -1.91. The van der Waals surface area contributed by atoms with Crippen LogP contribution in [0.1, 0.15) is 26.3 Å². The molecule has 0 aliphatic heterocycles. The van der Waals surface area contributed by atoms with Crippen molar-refractivity contribution in [2.75, 3.05) is 0 Å². The Bertz CT molecular complexity index is 871. The third-order valence-corrected chi connectivity index (χ3v) is 4.75. The average Bonchev–Trinajstić information content (AvgIpc) is 2.99. The topological polar surface area (TPSA) is 30.2 Å². The van der Waals surface area contributed by atoms with Crippen LogP contribution in [0.2, 0.25) is 5.02 Å². The number of rotatable bonds is 3. The minimum Gasteiger partial charge on any atom is -0.311 e. The fourth-order valence-electron chi connectivity index (χ4n) is 2.54. The summed E-state index contributed by atoms with van der Waals surface area (Å²) in [5.41, 5.74) is 3.35. The molecule has 0 saturated carbocycles. The first-order valence-electron chi connectivity index (χ1n) is 7.81. The fraction of sp³-hybridized carbons (Fsp3) is 0.263. The van der Waals surface area contributed by atoms with Gasteiger partial charge in [-0.15, -0.1) is 11.3 Å². The van der Waals surface area contributed by atoms with Gasteiger partial charge in [0.1, 0.15) is 0 Å². The lowest BCUT2D eigenvalue weighted by Crippen LogP contribution is -2.31. The largest absolute Gasteiger partial charge is 0.311 e. The summed E-state index contributed by atoms with van der Waals surface area (Å²) in [4.78, 5) is 9.99. The van der Waals surface area contributed by atoms with Gasteiger partial charge in [-0.05, 0) is 50.1 Å². The van der Waals surface area contributed by atoms with Crippen LogP contribution in [0, 0.1) is 0 Å². The highest BCUT2D eigenvalue weighted by molar-refractivity contribution is 7.07. The molecule has 3 nitrogen and oxygen atoms in total. The number of thiazole rings is 1. The van der Waals surface area contributed by atoms with Crippen molar-refractivity contribution in [3.8, 4) is 11.3 Å². The Morgan fingerprint density at radius 1 is 1.17 bits per heavy atom. The van der Waals surface area contributed by atoms with E-state index in [9.17, 15) is 0 Å². The number of nitrogens with zero attached hydrogens (tertiary/aromatic N) is 3. The summed E-state index contributed by atoms with van der Waals surface area (Å²) < 4.78 is 2.29. The first-order chi connectivity index (χ1) is 11.4. The van der Waals surface area contributed by atoms with Gasteiger partial charge in [0.25, 0.3) is 0 Å². The van der Waals surface area contributed by atoms with Gasteiger partial charge in [0, 0.05) is 28.3 Å².